The van der Waals surface area contributed by atoms with Crippen molar-refractivity contribution in [3.63, 3.8) is 0 Å². The van der Waals surface area contributed by atoms with Crippen LogP contribution in [-0.4, -0.2) is 47.0 Å². The maximum Gasteiger partial charge on any atom is 0.235 e. The second-order valence-corrected chi connectivity index (χ2v) is 6.88. The van der Waals surface area contributed by atoms with Crippen LogP contribution in [0.1, 0.15) is 38.5 Å². The lowest BCUT2D eigenvalue weighted by molar-refractivity contribution is -0.131. The summed E-state index contributed by atoms with van der Waals surface area (Å²) in [6.07, 6.45) is 7.35. The van der Waals surface area contributed by atoms with Gasteiger partial charge in [-0.3, -0.25) is 4.79 Å². The molecule has 0 spiro atoms. The van der Waals surface area contributed by atoms with Crippen molar-refractivity contribution >= 4 is 17.7 Å². The third kappa shape index (κ3) is 2.63. The summed E-state index contributed by atoms with van der Waals surface area (Å²) < 4.78 is 0. The fourth-order valence-corrected chi connectivity index (χ4v) is 4.56. The molecule has 3 nitrogen and oxygen atoms in total. The lowest BCUT2D eigenvalue weighted by atomic mass is 10.1. The fourth-order valence-electron chi connectivity index (χ4n) is 3.28. The molecule has 3 heterocycles. The molecule has 0 aliphatic carbocycles. The molecule has 1 amide bonds. The summed E-state index contributed by atoms with van der Waals surface area (Å²) in [5.74, 6) is 1.60. The molecule has 17 heavy (non-hydrogen) atoms. The molecular weight excluding hydrogens is 232 g/mol. The topological polar surface area (TPSA) is 32.3 Å². The van der Waals surface area contributed by atoms with E-state index in [1.165, 1.54) is 31.4 Å². The minimum absolute atomic E-state index is 0.264. The third-order valence-corrected chi connectivity index (χ3v) is 5.65. The van der Waals surface area contributed by atoms with Crippen molar-refractivity contribution in [2.45, 2.75) is 55.9 Å². The van der Waals surface area contributed by atoms with Crippen molar-refractivity contribution in [2.75, 3.05) is 18.8 Å². The molecule has 0 radical (unpaired) electrons. The molecule has 3 rings (SSSR count). The highest BCUT2D eigenvalue weighted by atomic mass is 32.2. The zero-order valence-corrected chi connectivity index (χ0v) is 11.2. The lowest BCUT2D eigenvalue weighted by Gasteiger charge is -2.30. The van der Waals surface area contributed by atoms with E-state index in [1.54, 1.807) is 0 Å². The zero-order valence-electron chi connectivity index (χ0n) is 10.4. The van der Waals surface area contributed by atoms with Crippen LogP contribution in [0.2, 0.25) is 0 Å². The lowest BCUT2D eigenvalue weighted by Crippen LogP contribution is -2.43. The standard InChI is InChI=1S/C13H22N2OS/c16-13(12-3-1-2-8-17-12)15-7-6-10-4-5-11(9-15)14-10/h10-12,14H,1-9H2. The molecule has 0 aromatic heterocycles. The van der Waals surface area contributed by atoms with Crippen molar-refractivity contribution in [3.05, 3.63) is 0 Å². The number of nitrogens with one attached hydrogen (secondary N) is 1. The van der Waals surface area contributed by atoms with Crippen molar-refractivity contribution < 1.29 is 4.79 Å². The number of hydrogen-bond donors (Lipinski definition) is 1. The van der Waals surface area contributed by atoms with Gasteiger partial charge in [-0.15, -0.1) is 11.8 Å². The summed E-state index contributed by atoms with van der Waals surface area (Å²) >= 11 is 1.88. The van der Waals surface area contributed by atoms with Crippen LogP contribution in [0.3, 0.4) is 0 Å². The summed E-state index contributed by atoms with van der Waals surface area (Å²) in [6, 6.07) is 1.25. The van der Waals surface area contributed by atoms with Crippen molar-refractivity contribution in [2.24, 2.45) is 0 Å². The Bertz CT molecular complexity index is 291. The second kappa shape index (κ2) is 5.19. The first-order chi connectivity index (χ1) is 8.33. The number of amides is 1. The Labute approximate surface area is 108 Å². The van der Waals surface area contributed by atoms with E-state index in [-0.39, 0.29) is 5.25 Å². The van der Waals surface area contributed by atoms with Crippen LogP contribution >= 0.6 is 11.8 Å². The summed E-state index contributed by atoms with van der Waals surface area (Å²) in [5, 5.41) is 3.90. The smallest absolute Gasteiger partial charge is 0.235 e. The highest BCUT2D eigenvalue weighted by molar-refractivity contribution is 8.00. The van der Waals surface area contributed by atoms with Gasteiger partial charge in [0.1, 0.15) is 0 Å². The summed E-state index contributed by atoms with van der Waals surface area (Å²) in [7, 11) is 0. The fraction of sp³-hybridized carbons (Fsp3) is 0.923. The van der Waals surface area contributed by atoms with Crippen LogP contribution in [-0.2, 0) is 4.79 Å². The van der Waals surface area contributed by atoms with E-state index in [0.717, 1.165) is 25.9 Å². The first-order valence-corrected chi connectivity index (χ1v) is 8.04. The highest BCUT2D eigenvalue weighted by Gasteiger charge is 2.33. The van der Waals surface area contributed by atoms with Crippen LogP contribution in [0.25, 0.3) is 0 Å². The average molecular weight is 254 g/mol. The SMILES string of the molecule is O=C(C1CCCCS1)N1CCC2CCC(C1)N2. The molecule has 1 N–H and O–H groups in total. The Morgan fingerprint density at radius 2 is 2.00 bits per heavy atom. The maximum atomic E-state index is 12.5. The average Bonchev–Trinajstić information content (AvgIpc) is 2.69. The zero-order chi connectivity index (χ0) is 11.7. The number of carbonyl (C=O) groups is 1. The van der Waals surface area contributed by atoms with Crippen LogP contribution in [0.15, 0.2) is 0 Å². The number of fused-ring (bicyclic) bond motifs is 2. The van der Waals surface area contributed by atoms with E-state index in [9.17, 15) is 4.79 Å². The van der Waals surface area contributed by atoms with Crippen LogP contribution in [0.5, 0.6) is 0 Å². The molecule has 4 heteroatoms. The molecule has 0 aromatic carbocycles. The molecule has 3 fully saturated rings. The van der Waals surface area contributed by atoms with Gasteiger partial charge in [0.25, 0.3) is 0 Å². The van der Waals surface area contributed by atoms with E-state index in [2.05, 4.69) is 10.2 Å². The van der Waals surface area contributed by atoms with Gasteiger partial charge >= 0.3 is 0 Å². The van der Waals surface area contributed by atoms with Gasteiger partial charge in [0.15, 0.2) is 0 Å². The van der Waals surface area contributed by atoms with E-state index in [4.69, 9.17) is 0 Å². The molecular formula is C13H22N2OS. The number of hydrogen-bond acceptors (Lipinski definition) is 3. The highest BCUT2D eigenvalue weighted by Crippen LogP contribution is 2.28. The van der Waals surface area contributed by atoms with Crippen LogP contribution < -0.4 is 5.32 Å². The summed E-state index contributed by atoms with van der Waals surface area (Å²) in [6.45, 7) is 1.93. The Hall–Kier alpha value is -0.220. The first kappa shape index (κ1) is 11.8. The Kier molecular flexibility index (Phi) is 3.61. The van der Waals surface area contributed by atoms with Crippen molar-refractivity contribution in [3.8, 4) is 0 Å². The Morgan fingerprint density at radius 3 is 2.82 bits per heavy atom. The molecule has 96 valence electrons. The van der Waals surface area contributed by atoms with Crippen molar-refractivity contribution in [1.29, 1.82) is 0 Å². The number of carbonyl (C=O) groups excluding carboxylic acids is 1. The largest absolute Gasteiger partial charge is 0.340 e. The summed E-state index contributed by atoms with van der Waals surface area (Å²) in [4.78, 5) is 14.6. The minimum atomic E-state index is 0.264. The summed E-state index contributed by atoms with van der Waals surface area (Å²) in [5.41, 5.74) is 0. The molecule has 0 saturated carbocycles. The molecule has 3 atom stereocenters. The van der Waals surface area contributed by atoms with Crippen molar-refractivity contribution in [1.82, 2.24) is 10.2 Å². The third-order valence-electron chi connectivity index (χ3n) is 4.29. The Morgan fingerprint density at radius 1 is 1.12 bits per heavy atom. The molecule has 3 aliphatic rings. The van der Waals surface area contributed by atoms with Gasteiger partial charge in [-0.2, -0.15) is 0 Å². The molecule has 3 aliphatic heterocycles. The number of nitrogens with zero attached hydrogens (tertiary/aromatic N) is 1. The van der Waals surface area contributed by atoms with Gasteiger partial charge in [-0.1, -0.05) is 6.42 Å². The van der Waals surface area contributed by atoms with E-state index < -0.39 is 0 Å². The van der Waals surface area contributed by atoms with E-state index in [0.29, 0.717) is 18.0 Å². The quantitative estimate of drug-likeness (QED) is 0.772. The van der Waals surface area contributed by atoms with Gasteiger partial charge in [-0.05, 0) is 37.9 Å². The molecule has 3 saturated heterocycles. The van der Waals surface area contributed by atoms with Crippen LogP contribution in [0, 0.1) is 0 Å². The van der Waals surface area contributed by atoms with Gasteiger partial charge in [-0.25, -0.2) is 0 Å². The van der Waals surface area contributed by atoms with Gasteiger partial charge < -0.3 is 10.2 Å². The number of likely N-dealkylation sites (tertiary alicyclic amines) is 1. The number of thioether (sulfide) groups is 1. The van der Waals surface area contributed by atoms with Gasteiger partial charge in [0.05, 0.1) is 5.25 Å². The van der Waals surface area contributed by atoms with E-state index in [1.807, 2.05) is 11.8 Å². The van der Waals surface area contributed by atoms with E-state index >= 15 is 0 Å². The molecule has 3 unspecified atom stereocenters. The Balaban J connectivity index is 1.61. The maximum absolute atomic E-state index is 12.5. The molecule has 0 aromatic rings. The normalized spacial score (nSPS) is 37.9. The van der Waals surface area contributed by atoms with Gasteiger partial charge in [0, 0.05) is 25.2 Å². The predicted octanol–water partition coefficient (Wildman–Crippen LogP) is 1.62. The van der Waals surface area contributed by atoms with Gasteiger partial charge in [0.2, 0.25) is 5.91 Å². The monoisotopic (exact) mass is 254 g/mol. The number of rotatable bonds is 1. The minimum Gasteiger partial charge on any atom is -0.340 e. The predicted molar refractivity (Wildman–Crippen MR) is 71.2 cm³/mol. The first-order valence-electron chi connectivity index (χ1n) is 6.99. The molecule has 2 bridgehead atoms. The van der Waals surface area contributed by atoms with Crippen LogP contribution in [0.4, 0.5) is 0 Å². The second-order valence-electron chi connectivity index (χ2n) is 5.57.